The fourth-order valence-corrected chi connectivity index (χ4v) is 5.27. The lowest BCUT2D eigenvalue weighted by atomic mass is 10.1. The first kappa shape index (κ1) is 28.9. The van der Waals surface area contributed by atoms with Gasteiger partial charge in [0.15, 0.2) is 11.5 Å². The number of nitrogens with zero attached hydrogens (tertiary/aromatic N) is 4. The summed E-state index contributed by atoms with van der Waals surface area (Å²) in [5, 5.41) is 6.36. The van der Waals surface area contributed by atoms with Crippen LogP contribution < -0.4 is 25.0 Å². The number of rotatable bonds is 7. The van der Waals surface area contributed by atoms with E-state index in [1.54, 1.807) is 53.7 Å². The lowest BCUT2D eigenvalue weighted by molar-refractivity contribution is 0.0743. The number of aromatic nitrogens is 1. The number of carbonyl (C=O) groups excluding carboxylic acids is 3. The van der Waals surface area contributed by atoms with Gasteiger partial charge < -0.3 is 34.8 Å². The van der Waals surface area contributed by atoms with Crippen molar-refractivity contribution in [1.82, 2.24) is 20.1 Å². The third kappa shape index (κ3) is 6.46. The Labute approximate surface area is 245 Å². The fourth-order valence-electron chi connectivity index (χ4n) is 5.27. The summed E-state index contributed by atoms with van der Waals surface area (Å²) in [5.74, 6) is 0.494. The summed E-state index contributed by atoms with van der Waals surface area (Å²) in [6.45, 7) is 5.08. The van der Waals surface area contributed by atoms with Crippen LogP contribution in [0.3, 0.4) is 0 Å². The molecule has 2 aliphatic rings. The molecule has 1 aromatic heterocycles. The molecule has 220 valence electrons. The van der Waals surface area contributed by atoms with Gasteiger partial charge in [-0.3, -0.25) is 19.4 Å². The number of pyridine rings is 1. The number of ether oxygens (including phenoxy) is 2. The molecule has 0 radical (unpaired) electrons. The molecular formula is C31H36N6O5. The standard InChI is InChI=1S/C31H36N6O5/c1-41-27-9-7-22(20-28(27)42-2)29(38)34-25-19-23(30(39)36-13-4-11-32-12-14-36)6-8-26(25)35-15-17-37(18-16-35)31(40)24-5-3-10-33-21-24/h3,5-10,19-21,32H,4,11-18H2,1-2H3,(H,34,38). The van der Waals surface area contributed by atoms with Gasteiger partial charge in [0.2, 0.25) is 0 Å². The molecule has 11 nitrogen and oxygen atoms in total. The van der Waals surface area contributed by atoms with Crippen LogP contribution in [0.2, 0.25) is 0 Å². The molecule has 3 heterocycles. The van der Waals surface area contributed by atoms with Gasteiger partial charge in [0.05, 0.1) is 31.2 Å². The molecular weight excluding hydrogens is 536 g/mol. The largest absolute Gasteiger partial charge is 0.493 e. The third-order valence-corrected chi connectivity index (χ3v) is 7.58. The van der Waals surface area contributed by atoms with E-state index in [0.29, 0.717) is 73.1 Å². The molecule has 0 aliphatic carbocycles. The van der Waals surface area contributed by atoms with E-state index in [4.69, 9.17) is 9.47 Å². The second-order valence-electron chi connectivity index (χ2n) is 10.2. The summed E-state index contributed by atoms with van der Waals surface area (Å²) in [6.07, 6.45) is 4.10. The van der Waals surface area contributed by atoms with Gasteiger partial charge in [0.1, 0.15) is 0 Å². The van der Waals surface area contributed by atoms with Crippen LogP contribution in [0.5, 0.6) is 11.5 Å². The number of benzene rings is 2. The number of methoxy groups -OCH3 is 2. The second-order valence-corrected chi connectivity index (χ2v) is 10.2. The molecule has 0 unspecified atom stereocenters. The van der Waals surface area contributed by atoms with E-state index >= 15 is 0 Å². The molecule has 3 aromatic rings. The van der Waals surface area contributed by atoms with Gasteiger partial charge in [0, 0.05) is 69.3 Å². The molecule has 5 rings (SSSR count). The monoisotopic (exact) mass is 572 g/mol. The zero-order valence-electron chi connectivity index (χ0n) is 24.0. The van der Waals surface area contributed by atoms with Crippen molar-refractivity contribution < 1.29 is 23.9 Å². The van der Waals surface area contributed by atoms with Gasteiger partial charge in [-0.25, -0.2) is 0 Å². The maximum absolute atomic E-state index is 13.5. The molecule has 2 aromatic carbocycles. The molecule has 3 amide bonds. The second kappa shape index (κ2) is 13.3. The minimum absolute atomic E-state index is 0.0578. The first-order chi connectivity index (χ1) is 20.5. The van der Waals surface area contributed by atoms with Gasteiger partial charge >= 0.3 is 0 Å². The van der Waals surface area contributed by atoms with Crippen LogP contribution in [0.25, 0.3) is 0 Å². The summed E-state index contributed by atoms with van der Waals surface area (Å²) in [5.41, 5.74) is 2.77. The van der Waals surface area contributed by atoms with E-state index in [9.17, 15) is 14.4 Å². The number of amides is 3. The highest BCUT2D eigenvalue weighted by Gasteiger charge is 2.26. The lowest BCUT2D eigenvalue weighted by Gasteiger charge is -2.37. The van der Waals surface area contributed by atoms with Gasteiger partial charge in [-0.1, -0.05) is 0 Å². The van der Waals surface area contributed by atoms with E-state index < -0.39 is 0 Å². The van der Waals surface area contributed by atoms with Crippen molar-refractivity contribution in [3.8, 4) is 11.5 Å². The van der Waals surface area contributed by atoms with E-state index in [0.717, 1.165) is 25.2 Å². The van der Waals surface area contributed by atoms with E-state index in [-0.39, 0.29) is 17.7 Å². The Morgan fingerprint density at radius 2 is 1.52 bits per heavy atom. The predicted octanol–water partition coefficient (Wildman–Crippen LogP) is 2.75. The maximum atomic E-state index is 13.5. The van der Waals surface area contributed by atoms with Gasteiger partial charge in [-0.05, 0) is 61.5 Å². The van der Waals surface area contributed by atoms with Crippen LogP contribution in [0.1, 0.15) is 37.5 Å². The number of nitrogens with one attached hydrogen (secondary N) is 2. The zero-order valence-corrected chi connectivity index (χ0v) is 24.0. The SMILES string of the molecule is COc1ccc(C(=O)Nc2cc(C(=O)N3CCCNCC3)ccc2N2CCN(C(=O)c3cccnc3)CC2)cc1OC. The molecule has 0 bridgehead atoms. The zero-order chi connectivity index (χ0) is 29.5. The van der Waals surface area contributed by atoms with E-state index in [1.165, 1.54) is 14.2 Å². The number of hydrogen-bond acceptors (Lipinski definition) is 8. The van der Waals surface area contributed by atoms with Crippen LogP contribution >= 0.6 is 0 Å². The highest BCUT2D eigenvalue weighted by atomic mass is 16.5. The number of anilines is 2. The molecule has 0 saturated carbocycles. The van der Waals surface area contributed by atoms with Crippen LogP contribution in [-0.2, 0) is 0 Å². The van der Waals surface area contributed by atoms with Crippen molar-refractivity contribution in [2.75, 3.05) is 76.8 Å². The van der Waals surface area contributed by atoms with Crippen molar-refractivity contribution >= 4 is 29.1 Å². The van der Waals surface area contributed by atoms with Crippen molar-refractivity contribution in [2.24, 2.45) is 0 Å². The Balaban J connectivity index is 1.39. The van der Waals surface area contributed by atoms with E-state index in [1.807, 2.05) is 17.0 Å². The normalized spacial score (nSPS) is 15.5. The molecule has 11 heteroatoms. The Hall–Kier alpha value is -4.64. The molecule has 2 fully saturated rings. The first-order valence-electron chi connectivity index (χ1n) is 14.1. The topological polar surface area (TPSA) is 116 Å². The minimum atomic E-state index is -0.342. The molecule has 2 N–H and O–H groups in total. The van der Waals surface area contributed by atoms with Crippen molar-refractivity contribution in [3.05, 3.63) is 77.6 Å². The summed E-state index contributed by atoms with van der Waals surface area (Å²) in [4.78, 5) is 49.7. The summed E-state index contributed by atoms with van der Waals surface area (Å²) >= 11 is 0. The van der Waals surface area contributed by atoms with Crippen LogP contribution in [0.4, 0.5) is 11.4 Å². The first-order valence-corrected chi connectivity index (χ1v) is 14.1. The van der Waals surface area contributed by atoms with Gasteiger partial charge in [-0.2, -0.15) is 0 Å². The molecule has 2 saturated heterocycles. The van der Waals surface area contributed by atoms with Crippen molar-refractivity contribution in [2.45, 2.75) is 6.42 Å². The van der Waals surface area contributed by atoms with Crippen LogP contribution in [0.15, 0.2) is 60.9 Å². The van der Waals surface area contributed by atoms with Crippen molar-refractivity contribution in [1.29, 1.82) is 0 Å². The molecule has 2 aliphatic heterocycles. The number of hydrogen-bond donors (Lipinski definition) is 2. The van der Waals surface area contributed by atoms with Gasteiger partial charge in [0.25, 0.3) is 17.7 Å². The fraction of sp³-hybridized carbons (Fsp3) is 0.355. The predicted molar refractivity (Wildman–Crippen MR) is 160 cm³/mol. The smallest absolute Gasteiger partial charge is 0.255 e. The highest BCUT2D eigenvalue weighted by molar-refractivity contribution is 6.07. The molecule has 0 spiro atoms. The highest BCUT2D eigenvalue weighted by Crippen LogP contribution is 2.31. The Morgan fingerprint density at radius 3 is 2.26 bits per heavy atom. The Bertz CT molecular complexity index is 1420. The Kier molecular flexibility index (Phi) is 9.18. The molecule has 0 atom stereocenters. The van der Waals surface area contributed by atoms with E-state index in [2.05, 4.69) is 20.5 Å². The number of carbonyl (C=O) groups is 3. The minimum Gasteiger partial charge on any atom is -0.493 e. The average molecular weight is 573 g/mol. The summed E-state index contributed by atoms with van der Waals surface area (Å²) in [7, 11) is 3.06. The van der Waals surface area contributed by atoms with Gasteiger partial charge in [-0.15, -0.1) is 0 Å². The summed E-state index contributed by atoms with van der Waals surface area (Å²) in [6, 6.07) is 13.9. The number of piperazine rings is 1. The third-order valence-electron chi connectivity index (χ3n) is 7.58. The lowest BCUT2D eigenvalue weighted by Crippen LogP contribution is -2.49. The van der Waals surface area contributed by atoms with Crippen molar-refractivity contribution in [3.63, 3.8) is 0 Å². The van der Waals surface area contributed by atoms with Crippen LogP contribution in [-0.4, -0.2) is 99.1 Å². The Morgan fingerprint density at radius 1 is 0.786 bits per heavy atom. The molecule has 42 heavy (non-hydrogen) atoms. The quantitative estimate of drug-likeness (QED) is 0.444. The van der Waals surface area contributed by atoms with Crippen LogP contribution in [0, 0.1) is 0 Å². The average Bonchev–Trinajstić information content (AvgIpc) is 3.34. The maximum Gasteiger partial charge on any atom is 0.255 e. The summed E-state index contributed by atoms with van der Waals surface area (Å²) < 4.78 is 10.7.